The van der Waals surface area contributed by atoms with Gasteiger partial charge in [0, 0.05) is 19.4 Å². The first-order valence-electron chi connectivity index (χ1n) is 6.53. The Hall–Kier alpha value is -1.64. The van der Waals surface area contributed by atoms with Crippen molar-refractivity contribution in [2.75, 3.05) is 7.05 Å². The molecule has 1 aromatic rings. The molecule has 3 nitrogen and oxygen atoms in total. The number of hydrogen-bond acceptors (Lipinski definition) is 2. The molecule has 3 heteroatoms. The van der Waals surface area contributed by atoms with Gasteiger partial charge in [0.25, 0.3) is 0 Å². The van der Waals surface area contributed by atoms with Crippen LogP contribution in [0.1, 0.15) is 31.2 Å². The maximum Gasteiger partial charge on any atom is 0.232 e. The summed E-state index contributed by atoms with van der Waals surface area (Å²) in [7, 11) is 1.58. The Balaban J connectivity index is 1.70. The van der Waals surface area contributed by atoms with Gasteiger partial charge >= 0.3 is 0 Å². The number of aryl methyl sites for hydroxylation is 1. The van der Waals surface area contributed by atoms with E-state index in [1.54, 1.807) is 7.05 Å². The van der Waals surface area contributed by atoms with Gasteiger partial charge in [-0.25, -0.2) is 0 Å². The fraction of sp³-hybridized carbons (Fsp3) is 0.467. The van der Waals surface area contributed by atoms with Crippen LogP contribution in [-0.4, -0.2) is 23.8 Å². The van der Waals surface area contributed by atoms with Crippen molar-refractivity contribution in [1.82, 2.24) is 4.90 Å². The zero-order valence-electron chi connectivity index (χ0n) is 10.8. The van der Waals surface area contributed by atoms with Crippen molar-refractivity contribution in [1.29, 1.82) is 0 Å². The smallest absolute Gasteiger partial charge is 0.232 e. The second-order valence-electron chi connectivity index (χ2n) is 4.92. The van der Waals surface area contributed by atoms with Crippen LogP contribution in [0, 0.1) is 5.92 Å². The quantitative estimate of drug-likeness (QED) is 0.590. The van der Waals surface area contributed by atoms with Crippen molar-refractivity contribution in [3.05, 3.63) is 35.9 Å². The lowest BCUT2D eigenvalue weighted by molar-refractivity contribution is -0.137. The first-order chi connectivity index (χ1) is 8.68. The van der Waals surface area contributed by atoms with Crippen LogP contribution >= 0.6 is 0 Å². The summed E-state index contributed by atoms with van der Waals surface area (Å²) in [6.45, 7) is 0. The van der Waals surface area contributed by atoms with Gasteiger partial charge in [0.2, 0.25) is 11.8 Å². The van der Waals surface area contributed by atoms with Crippen LogP contribution in [0.2, 0.25) is 0 Å². The van der Waals surface area contributed by atoms with E-state index in [4.69, 9.17) is 0 Å². The maximum atomic E-state index is 11.7. The first-order valence-corrected chi connectivity index (χ1v) is 6.53. The highest BCUT2D eigenvalue weighted by Crippen LogP contribution is 2.23. The highest BCUT2D eigenvalue weighted by atomic mass is 16.2. The molecule has 0 bridgehead atoms. The molecule has 1 heterocycles. The number of hydrogen-bond donors (Lipinski definition) is 0. The van der Waals surface area contributed by atoms with Crippen LogP contribution in [0.25, 0.3) is 0 Å². The van der Waals surface area contributed by atoms with Crippen LogP contribution in [0.5, 0.6) is 0 Å². The third-order valence-electron chi connectivity index (χ3n) is 3.59. The summed E-state index contributed by atoms with van der Waals surface area (Å²) in [5.41, 5.74) is 1.34. The van der Waals surface area contributed by atoms with Crippen LogP contribution in [-0.2, 0) is 16.0 Å². The highest BCUT2D eigenvalue weighted by Gasteiger charge is 2.35. The Morgan fingerprint density at radius 3 is 2.50 bits per heavy atom. The summed E-state index contributed by atoms with van der Waals surface area (Å²) < 4.78 is 0. The molecule has 1 aliphatic heterocycles. The number of benzene rings is 1. The standard InChI is InChI=1S/C15H19NO2/c1-16-14(17)11-13(15(16)18)10-6-5-9-12-7-3-2-4-8-12/h2-4,7-8,13H,5-6,9-11H2,1H3. The summed E-state index contributed by atoms with van der Waals surface area (Å²) in [5.74, 6) is -0.106. The predicted octanol–water partition coefficient (Wildman–Crippen LogP) is 2.40. The van der Waals surface area contributed by atoms with E-state index in [2.05, 4.69) is 12.1 Å². The molecular formula is C15H19NO2. The molecule has 0 spiro atoms. The molecule has 1 unspecified atom stereocenters. The van der Waals surface area contributed by atoms with Crippen molar-refractivity contribution >= 4 is 11.8 Å². The van der Waals surface area contributed by atoms with Crippen LogP contribution in [0.15, 0.2) is 30.3 Å². The molecule has 96 valence electrons. The molecule has 18 heavy (non-hydrogen) atoms. The molecule has 1 fully saturated rings. The zero-order chi connectivity index (χ0) is 13.0. The van der Waals surface area contributed by atoms with Crippen LogP contribution < -0.4 is 0 Å². The topological polar surface area (TPSA) is 37.4 Å². The lowest BCUT2D eigenvalue weighted by Crippen LogP contribution is -2.25. The lowest BCUT2D eigenvalue weighted by atomic mass is 9.98. The number of imide groups is 1. The maximum absolute atomic E-state index is 11.7. The Kier molecular flexibility index (Phi) is 4.13. The number of rotatable bonds is 5. The van der Waals surface area contributed by atoms with E-state index >= 15 is 0 Å². The minimum Gasteiger partial charge on any atom is -0.285 e. The van der Waals surface area contributed by atoms with Gasteiger partial charge in [-0.2, -0.15) is 0 Å². The van der Waals surface area contributed by atoms with Crippen molar-refractivity contribution in [3.63, 3.8) is 0 Å². The average molecular weight is 245 g/mol. The van der Waals surface area contributed by atoms with Crippen molar-refractivity contribution < 1.29 is 9.59 Å². The average Bonchev–Trinajstić information content (AvgIpc) is 2.64. The van der Waals surface area contributed by atoms with Crippen molar-refractivity contribution in [2.45, 2.75) is 32.1 Å². The van der Waals surface area contributed by atoms with Crippen molar-refractivity contribution in [3.8, 4) is 0 Å². The number of carbonyl (C=O) groups excluding carboxylic acids is 2. The fourth-order valence-corrected chi connectivity index (χ4v) is 2.42. The third-order valence-corrected chi connectivity index (χ3v) is 3.59. The second kappa shape index (κ2) is 5.80. The molecule has 0 aromatic heterocycles. The van der Waals surface area contributed by atoms with Gasteiger partial charge in [0.1, 0.15) is 0 Å². The van der Waals surface area contributed by atoms with Gasteiger partial charge in [-0.3, -0.25) is 14.5 Å². The molecular weight excluding hydrogens is 226 g/mol. The zero-order valence-corrected chi connectivity index (χ0v) is 10.8. The minimum absolute atomic E-state index is 0.000267. The van der Waals surface area contributed by atoms with Gasteiger partial charge in [-0.05, 0) is 24.8 Å². The SMILES string of the molecule is CN1C(=O)CC(CCCCc2ccccc2)C1=O. The fourth-order valence-electron chi connectivity index (χ4n) is 2.42. The molecule has 1 saturated heterocycles. The molecule has 1 atom stereocenters. The van der Waals surface area contributed by atoms with Gasteiger partial charge in [0.15, 0.2) is 0 Å². The normalized spacial score (nSPS) is 19.6. The van der Waals surface area contributed by atoms with Gasteiger partial charge in [0.05, 0.1) is 0 Å². The Labute approximate surface area is 108 Å². The van der Waals surface area contributed by atoms with Crippen LogP contribution in [0.4, 0.5) is 0 Å². The molecule has 0 saturated carbocycles. The molecule has 0 radical (unpaired) electrons. The second-order valence-corrected chi connectivity index (χ2v) is 4.92. The van der Waals surface area contributed by atoms with E-state index in [1.165, 1.54) is 10.5 Å². The monoisotopic (exact) mass is 245 g/mol. The number of unbranched alkanes of at least 4 members (excludes halogenated alkanes) is 1. The van der Waals surface area contributed by atoms with E-state index in [1.807, 2.05) is 18.2 Å². The number of nitrogens with zero attached hydrogens (tertiary/aromatic N) is 1. The van der Waals surface area contributed by atoms with Gasteiger partial charge < -0.3 is 0 Å². The predicted molar refractivity (Wildman–Crippen MR) is 69.9 cm³/mol. The Morgan fingerprint density at radius 1 is 1.17 bits per heavy atom. The van der Waals surface area contributed by atoms with E-state index in [0.29, 0.717) is 6.42 Å². The van der Waals surface area contributed by atoms with Gasteiger partial charge in [-0.1, -0.05) is 36.8 Å². The largest absolute Gasteiger partial charge is 0.285 e. The summed E-state index contributed by atoms with van der Waals surface area (Å²) in [6.07, 6.45) is 4.37. The number of amides is 2. The summed E-state index contributed by atoms with van der Waals surface area (Å²) in [5, 5.41) is 0. The molecule has 0 N–H and O–H groups in total. The summed E-state index contributed by atoms with van der Waals surface area (Å²) >= 11 is 0. The van der Waals surface area contributed by atoms with Gasteiger partial charge in [-0.15, -0.1) is 0 Å². The van der Waals surface area contributed by atoms with E-state index in [-0.39, 0.29) is 17.7 Å². The summed E-state index contributed by atoms with van der Waals surface area (Å²) in [6, 6.07) is 10.4. The summed E-state index contributed by atoms with van der Waals surface area (Å²) in [4.78, 5) is 24.3. The third kappa shape index (κ3) is 2.97. The molecule has 2 amide bonds. The van der Waals surface area contributed by atoms with E-state index in [0.717, 1.165) is 25.7 Å². The lowest BCUT2D eigenvalue weighted by Gasteiger charge is -2.08. The van der Waals surface area contributed by atoms with Crippen LogP contribution in [0.3, 0.4) is 0 Å². The first kappa shape index (κ1) is 12.8. The van der Waals surface area contributed by atoms with E-state index in [9.17, 15) is 9.59 Å². The number of carbonyl (C=O) groups is 2. The highest BCUT2D eigenvalue weighted by molar-refractivity contribution is 6.03. The molecule has 1 aliphatic rings. The number of likely N-dealkylation sites (tertiary alicyclic amines) is 1. The minimum atomic E-state index is -0.0710. The van der Waals surface area contributed by atoms with E-state index < -0.39 is 0 Å². The Morgan fingerprint density at radius 2 is 1.89 bits per heavy atom. The van der Waals surface area contributed by atoms with Crippen molar-refractivity contribution in [2.24, 2.45) is 5.92 Å². The Bertz CT molecular complexity index is 427. The molecule has 0 aliphatic carbocycles. The molecule has 1 aromatic carbocycles. The molecule has 2 rings (SSSR count).